The lowest BCUT2D eigenvalue weighted by Crippen LogP contribution is -2.27. The van der Waals surface area contributed by atoms with E-state index >= 15 is 0 Å². The van der Waals surface area contributed by atoms with Gasteiger partial charge in [-0.25, -0.2) is 0 Å². The third-order valence-electron chi connectivity index (χ3n) is 4.98. The van der Waals surface area contributed by atoms with Crippen molar-refractivity contribution >= 4 is 29.3 Å². The Bertz CT molecular complexity index is 773. The van der Waals surface area contributed by atoms with E-state index in [2.05, 4.69) is 15.5 Å². The minimum Gasteiger partial charge on any atom is -0.346 e. The summed E-state index contributed by atoms with van der Waals surface area (Å²) in [6.45, 7) is 3.78. The van der Waals surface area contributed by atoms with E-state index in [4.69, 9.17) is 11.6 Å². The zero-order valence-electron chi connectivity index (χ0n) is 15.9. The normalized spacial score (nSPS) is 16.3. The van der Waals surface area contributed by atoms with Gasteiger partial charge in [-0.15, -0.1) is 10.2 Å². The molecule has 146 valence electrons. The van der Waals surface area contributed by atoms with E-state index in [0.717, 1.165) is 28.3 Å². The molecular formula is C20H27ClN4OS. The van der Waals surface area contributed by atoms with Crippen molar-refractivity contribution in [2.45, 2.75) is 63.6 Å². The molecule has 0 bridgehead atoms. The molecular weight excluding hydrogens is 380 g/mol. The highest BCUT2D eigenvalue weighted by molar-refractivity contribution is 7.99. The Morgan fingerprint density at radius 2 is 2.11 bits per heavy atom. The number of nitrogens with one attached hydrogen (secondary N) is 1. The monoisotopic (exact) mass is 406 g/mol. The molecule has 0 spiro atoms. The van der Waals surface area contributed by atoms with E-state index in [-0.39, 0.29) is 11.9 Å². The molecule has 2 aromatic rings. The number of hydrogen-bond acceptors (Lipinski definition) is 4. The topological polar surface area (TPSA) is 59.8 Å². The fourth-order valence-corrected chi connectivity index (χ4v) is 4.80. The van der Waals surface area contributed by atoms with Gasteiger partial charge in [-0.1, -0.05) is 55.6 Å². The number of benzene rings is 1. The highest BCUT2D eigenvalue weighted by atomic mass is 35.5. The van der Waals surface area contributed by atoms with Gasteiger partial charge in [-0.3, -0.25) is 9.36 Å². The van der Waals surface area contributed by atoms with Crippen molar-refractivity contribution in [3.63, 3.8) is 0 Å². The molecule has 1 saturated carbocycles. The van der Waals surface area contributed by atoms with Gasteiger partial charge in [0.25, 0.3) is 0 Å². The largest absolute Gasteiger partial charge is 0.346 e. The molecule has 0 aliphatic heterocycles. The molecule has 1 N–H and O–H groups in total. The van der Waals surface area contributed by atoms with Gasteiger partial charge < -0.3 is 5.32 Å². The minimum absolute atomic E-state index is 0.000414. The van der Waals surface area contributed by atoms with Crippen molar-refractivity contribution in [1.29, 1.82) is 0 Å². The summed E-state index contributed by atoms with van der Waals surface area (Å²) in [5, 5.41) is 13.4. The van der Waals surface area contributed by atoms with Crippen molar-refractivity contribution in [3.8, 4) is 5.69 Å². The summed E-state index contributed by atoms with van der Waals surface area (Å²) in [4.78, 5) is 11.8. The molecule has 0 radical (unpaired) electrons. The standard InChI is InChI=1S/C20H27ClN4OS/c1-3-18(26)22-14(2)19-23-24-20(27-13-15-8-5-4-6-9-15)25(19)17-11-7-10-16(21)12-17/h7,10-12,14-15H,3-6,8-9,13H2,1-2H3,(H,22,26)/t14-/m1/s1. The van der Waals surface area contributed by atoms with Crippen molar-refractivity contribution in [2.24, 2.45) is 5.92 Å². The molecule has 1 amide bonds. The van der Waals surface area contributed by atoms with Gasteiger partial charge in [0, 0.05) is 17.2 Å². The van der Waals surface area contributed by atoms with Crippen LogP contribution in [0.1, 0.15) is 64.2 Å². The lowest BCUT2D eigenvalue weighted by atomic mass is 9.91. The molecule has 5 nitrogen and oxygen atoms in total. The van der Waals surface area contributed by atoms with E-state index in [1.54, 1.807) is 11.8 Å². The van der Waals surface area contributed by atoms with Crippen LogP contribution in [0.5, 0.6) is 0 Å². The second-order valence-corrected chi connectivity index (χ2v) is 8.54. The summed E-state index contributed by atoms with van der Waals surface area (Å²) in [7, 11) is 0. The van der Waals surface area contributed by atoms with Crippen LogP contribution in [0, 0.1) is 5.92 Å². The van der Waals surface area contributed by atoms with Gasteiger partial charge in [0.1, 0.15) is 0 Å². The molecule has 1 heterocycles. The maximum absolute atomic E-state index is 11.8. The van der Waals surface area contributed by atoms with Crippen LogP contribution in [0.15, 0.2) is 29.4 Å². The van der Waals surface area contributed by atoms with E-state index in [1.165, 1.54) is 32.1 Å². The number of amides is 1. The first-order valence-corrected chi connectivity index (χ1v) is 11.1. The SMILES string of the molecule is CCC(=O)N[C@H](C)c1nnc(SCC2CCCCC2)n1-c1cccc(Cl)c1. The smallest absolute Gasteiger partial charge is 0.220 e. The second-order valence-electron chi connectivity index (χ2n) is 7.11. The molecule has 1 aliphatic rings. The number of nitrogens with zero attached hydrogens (tertiary/aromatic N) is 3. The molecule has 0 saturated heterocycles. The van der Waals surface area contributed by atoms with Gasteiger partial charge >= 0.3 is 0 Å². The Morgan fingerprint density at radius 1 is 1.33 bits per heavy atom. The average Bonchev–Trinajstić information content (AvgIpc) is 3.11. The van der Waals surface area contributed by atoms with Crippen LogP contribution in [0.2, 0.25) is 5.02 Å². The van der Waals surface area contributed by atoms with Gasteiger partial charge in [0.15, 0.2) is 11.0 Å². The number of carbonyl (C=O) groups excluding carboxylic acids is 1. The van der Waals surface area contributed by atoms with Gasteiger partial charge in [-0.2, -0.15) is 0 Å². The molecule has 1 aromatic heterocycles. The van der Waals surface area contributed by atoms with Crippen LogP contribution in [0.25, 0.3) is 5.69 Å². The van der Waals surface area contributed by atoms with Crippen LogP contribution in [-0.4, -0.2) is 26.4 Å². The Balaban J connectivity index is 1.87. The summed E-state index contributed by atoms with van der Waals surface area (Å²) in [5.74, 6) is 2.52. The lowest BCUT2D eigenvalue weighted by molar-refractivity contribution is -0.121. The van der Waals surface area contributed by atoms with Crippen LogP contribution >= 0.6 is 23.4 Å². The predicted octanol–water partition coefficient (Wildman–Crippen LogP) is 5.18. The lowest BCUT2D eigenvalue weighted by Gasteiger charge is -2.21. The first-order valence-electron chi connectivity index (χ1n) is 9.72. The number of aromatic nitrogens is 3. The van der Waals surface area contributed by atoms with Crippen LogP contribution in [0.4, 0.5) is 0 Å². The van der Waals surface area contributed by atoms with E-state index in [1.807, 2.05) is 42.7 Å². The van der Waals surface area contributed by atoms with E-state index in [0.29, 0.717) is 11.4 Å². The first-order chi connectivity index (χ1) is 13.1. The highest BCUT2D eigenvalue weighted by Crippen LogP contribution is 2.32. The van der Waals surface area contributed by atoms with Crippen molar-refractivity contribution < 1.29 is 4.79 Å². The molecule has 1 aliphatic carbocycles. The molecule has 1 atom stereocenters. The van der Waals surface area contributed by atoms with Crippen molar-refractivity contribution in [1.82, 2.24) is 20.1 Å². The quantitative estimate of drug-likeness (QED) is 0.643. The molecule has 0 unspecified atom stereocenters. The van der Waals surface area contributed by atoms with Gasteiger partial charge in [-0.05, 0) is 43.9 Å². The Morgan fingerprint density at radius 3 is 2.81 bits per heavy atom. The van der Waals surface area contributed by atoms with Crippen molar-refractivity contribution in [3.05, 3.63) is 35.1 Å². The molecule has 1 fully saturated rings. The fourth-order valence-electron chi connectivity index (χ4n) is 3.47. The number of thioether (sulfide) groups is 1. The summed E-state index contributed by atoms with van der Waals surface area (Å²) in [6.07, 6.45) is 7.06. The summed E-state index contributed by atoms with van der Waals surface area (Å²) in [6, 6.07) is 7.46. The Kier molecular flexibility index (Phi) is 7.19. The zero-order valence-corrected chi connectivity index (χ0v) is 17.5. The molecule has 7 heteroatoms. The maximum atomic E-state index is 11.8. The molecule has 1 aromatic carbocycles. The Labute approximate surface area is 170 Å². The van der Waals surface area contributed by atoms with Crippen molar-refractivity contribution in [2.75, 3.05) is 5.75 Å². The van der Waals surface area contributed by atoms with E-state index < -0.39 is 0 Å². The first kappa shape index (κ1) is 20.2. The number of hydrogen-bond donors (Lipinski definition) is 1. The van der Waals surface area contributed by atoms with Crippen LogP contribution < -0.4 is 5.32 Å². The summed E-state index contributed by atoms with van der Waals surface area (Å²) < 4.78 is 2.03. The minimum atomic E-state index is -0.229. The summed E-state index contributed by atoms with van der Waals surface area (Å²) in [5.41, 5.74) is 0.922. The van der Waals surface area contributed by atoms with E-state index in [9.17, 15) is 4.79 Å². The van der Waals surface area contributed by atoms with Gasteiger partial charge in [0.2, 0.25) is 5.91 Å². The third-order valence-corrected chi connectivity index (χ3v) is 6.38. The second kappa shape index (κ2) is 9.60. The third kappa shape index (κ3) is 5.26. The van der Waals surface area contributed by atoms with Gasteiger partial charge in [0.05, 0.1) is 11.7 Å². The Hall–Kier alpha value is -1.53. The predicted molar refractivity (Wildman–Crippen MR) is 111 cm³/mol. The number of halogens is 1. The number of rotatable bonds is 7. The average molecular weight is 407 g/mol. The molecule has 3 rings (SSSR count). The summed E-state index contributed by atoms with van der Waals surface area (Å²) >= 11 is 7.97. The number of carbonyl (C=O) groups is 1. The van der Waals surface area contributed by atoms with Crippen LogP contribution in [-0.2, 0) is 4.79 Å². The molecule has 27 heavy (non-hydrogen) atoms. The zero-order chi connectivity index (χ0) is 19.2. The highest BCUT2D eigenvalue weighted by Gasteiger charge is 2.22. The fraction of sp³-hybridized carbons (Fsp3) is 0.550. The van der Waals surface area contributed by atoms with Crippen LogP contribution in [0.3, 0.4) is 0 Å². The maximum Gasteiger partial charge on any atom is 0.220 e.